The van der Waals surface area contributed by atoms with E-state index >= 15 is 0 Å². The molecule has 3 heterocycles. The number of ketones is 1. The van der Waals surface area contributed by atoms with Gasteiger partial charge in [0.25, 0.3) is 0 Å². The van der Waals surface area contributed by atoms with Crippen LogP contribution in [0.15, 0.2) is 54.7 Å². The van der Waals surface area contributed by atoms with E-state index in [0.29, 0.717) is 25.1 Å². The molecule has 0 unspecified atom stereocenters. The van der Waals surface area contributed by atoms with Crippen molar-refractivity contribution in [3.05, 3.63) is 71.0 Å². The van der Waals surface area contributed by atoms with Gasteiger partial charge in [-0.05, 0) is 55.2 Å². The number of rotatable bonds is 11. The molecule has 0 spiro atoms. The van der Waals surface area contributed by atoms with Crippen LogP contribution in [0.1, 0.15) is 43.4 Å². The minimum atomic E-state index is 0.0567. The maximum atomic E-state index is 13.0. The van der Waals surface area contributed by atoms with Crippen LogP contribution in [-0.2, 0) is 29.1 Å². The lowest BCUT2D eigenvalue weighted by atomic mass is 10.0. The second-order valence-corrected chi connectivity index (χ2v) is 11.3. The van der Waals surface area contributed by atoms with Gasteiger partial charge in [-0.25, -0.2) is 0 Å². The van der Waals surface area contributed by atoms with E-state index < -0.39 is 0 Å². The summed E-state index contributed by atoms with van der Waals surface area (Å²) in [4.78, 5) is 32.1. The van der Waals surface area contributed by atoms with Crippen LogP contribution in [-0.4, -0.2) is 75.2 Å². The number of carbonyl (C=O) groups excluding carboxylic acids is 2. The number of likely N-dealkylation sites (tertiary alicyclic amines) is 1. The lowest BCUT2D eigenvalue weighted by molar-refractivity contribution is -0.134. The summed E-state index contributed by atoms with van der Waals surface area (Å²) in [5.41, 5.74) is 9.63. The van der Waals surface area contributed by atoms with Gasteiger partial charge < -0.3 is 15.5 Å². The Bertz CT molecular complexity index is 1290. The molecule has 3 aromatic rings. The third-order valence-electron chi connectivity index (χ3n) is 7.90. The maximum absolute atomic E-state index is 13.0. The fourth-order valence-electron chi connectivity index (χ4n) is 5.62. The average Bonchev–Trinajstić information content (AvgIpc) is 3.61. The van der Waals surface area contributed by atoms with Crippen LogP contribution in [0.25, 0.3) is 0 Å². The van der Waals surface area contributed by atoms with Crippen molar-refractivity contribution in [3.63, 3.8) is 0 Å². The number of halogens is 1. The van der Waals surface area contributed by atoms with Gasteiger partial charge in [-0.2, -0.15) is 0 Å². The van der Waals surface area contributed by atoms with Gasteiger partial charge in [0.15, 0.2) is 0 Å². The number of hydrogen-bond donors (Lipinski definition) is 1. The number of carbonyl (C=O) groups is 2. The molecule has 2 N–H and O–H groups in total. The molecule has 9 nitrogen and oxygen atoms in total. The van der Waals surface area contributed by atoms with Gasteiger partial charge in [-0.1, -0.05) is 35.0 Å². The molecule has 0 saturated carbocycles. The highest BCUT2D eigenvalue weighted by molar-refractivity contribution is 6.30. The summed E-state index contributed by atoms with van der Waals surface area (Å²) in [6, 6.07) is 15.7. The minimum absolute atomic E-state index is 0.0567. The number of nitrogen functional groups attached to an aromatic ring is 1. The van der Waals surface area contributed by atoms with E-state index in [1.165, 1.54) is 0 Å². The first-order valence-electron chi connectivity index (χ1n) is 14.2. The Morgan fingerprint density at radius 1 is 0.975 bits per heavy atom. The highest BCUT2D eigenvalue weighted by Crippen LogP contribution is 2.22. The second kappa shape index (κ2) is 13.3. The highest BCUT2D eigenvalue weighted by Gasteiger charge is 2.29. The zero-order chi connectivity index (χ0) is 27.9. The standard InChI is InChI=1S/C30H38ClN7O2/c31-24-3-1-4-27(19-24)36-17-15-35(16-18-36)20-26-21-37(34-33-26)22-28-5-2-14-38(28)30(40)13-12-29(39)11-8-23-6-9-25(32)10-7-23/h1,3-4,6-7,9-10,19,21,28H,2,5,8,11-18,20,22,32H2/t28-/m1/s1. The van der Waals surface area contributed by atoms with Gasteiger partial charge in [0.2, 0.25) is 5.91 Å². The Morgan fingerprint density at radius 3 is 2.55 bits per heavy atom. The molecule has 1 amide bonds. The van der Waals surface area contributed by atoms with Gasteiger partial charge in [0, 0.05) is 81.1 Å². The second-order valence-electron chi connectivity index (χ2n) is 10.8. The SMILES string of the molecule is Nc1ccc(CCC(=O)CCC(=O)N2CCC[C@@H]2Cn2cc(CN3CCN(c4cccc(Cl)c4)CC3)nn2)cc1. The molecule has 10 heteroatoms. The van der Waals surface area contributed by atoms with E-state index in [9.17, 15) is 9.59 Å². The Kier molecular flexibility index (Phi) is 9.34. The Hall–Kier alpha value is -3.43. The Labute approximate surface area is 240 Å². The van der Waals surface area contributed by atoms with Crippen molar-refractivity contribution in [2.75, 3.05) is 43.4 Å². The summed E-state index contributed by atoms with van der Waals surface area (Å²) in [5, 5.41) is 9.53. The molecule has 2 aliphatic heterocycles. The van der Waals surface area contributed by atoms with Crippen LogP contribution >= 0.6 is 11.6 Å². The van der Waals surface area contributed by atoms with Crippen molar-refractivity contribution in [3.8, 4) is 0 Å². The summed E-state index contributed by atoms with van der Waals surface area (Å²) in [5.74, 6) is 0.177. The van der Waals surface area contributed by atoms with Crippen molar-refractivity contribution in [2.24, 2.45) is 0 Å². The smallest absolute Gasteiger partial charge is 0.223 e. The van der Waals surface area contributed by atoms with Crippen LogP contribution in [0.2, 0.25) is 5.02 Å². The van der Waals surface area contributed by atoms with Gasteiger partial charge in [0.05, 0.1) is 18.3 Å². The summed E-state index contributed by atoms with van der Waals surface area (Å²) in [6.07, 6.45) is 5.59. The lowest BCUT2D eigenvalue weighted by Gasteiger charge is -2.35. The van der Waals surface area contributed by atoms with Crippen LogP contribution < -0.4 is 10.6 Å². The van der Waals surface area contributed by atoms with Crippen molar-refractivity contribution < 1.29 is 9.59 Å². The highest BCUT2D eigenvalue weighted by atomic mass is 35.5. The number of piperazine rings is 1. The van der Waals surface area contributed by atoms with Crippen molar-refractivity contribution in [2.45, 2.75) is 57.7 Å². The molecule has 40 heavy (non-hydrogen) atoms. The monoisotopic (exact) mass is 563 g/mol. The number of aromatic nitrogens is 3. The third kappa shape index (κ3) is 7.61. The number of nitrogens with two attached hydrogens (primary N) is 1. The van der Waals surface area contributed by atoms with Gasteiger partial charge in [-0.15, -0.1) is 5.10 Å². The Balaban J connectivity index is 1.04. The fraction of sp³-hybridized carbons (Fsp3) is 0.467. The molecular formula is C30H38ClN7O2. The fourth-order valence-corrected chi connectivity index (χ4v) is 5.80. The van der Waals surface area contributed by atoms with Gasteiger partial charge in [-0.3, -0.25) is 19.2 Å². The zero-order valence-corrected chi connectivity index (χ0v) is 23.7. The number of Topliss-reactive ketones (excluding diaryl/α,β-unsaturated/α-hetero) is 1. The molecule has 212 valence electrons. The van der Waals surface area contributed by atoms with Crippen molar-refractivity contribution >= 4 is 34.7 Å². The molecule has 2 aromatic carbocycles. The molecule has 0 bridgehead atoms. The number of aryl methyl sites for hydroxylation is 1. The van der Waals surface area contributed by atoms with Gasteiger partial charge in [0.1, 0.15) is 5.78 Å². The molecular weight excluding hydrogens is 526 g/mol. The summed E-state index contributed by atoms with van der Waals surface area (Å²) < 4.78 is 1.87. The van der Waals surface area contributed by atoms with Crippen LogP contribution in [0, 0.1) is 0 Å². The molecule has 1 atom stereocenters. The molecule has 1 aromatic heterocycles. The van der Waals surface area contributed by atoms with Crippen molar-refractivity contribution in [1.82, 2.24) is 24.8 Å². The molecule has 2 fully saturated rings. The number of hydrogen-bond acceptors (Lipinski definition) is 7. The normalized spacial score (nSPS) is 17.9. The van der Waals surface area contributed by atoms with E-state index in [0.717, 1.165) is 74.1 Å². The third-order valence-corrected chi connectivity index (χ3v) is 8.14. The lowest BCUT2D eigenvalue weighted by Crippen LogP contribution is -2.46. The number of amides is 1. The van der Waals surface area contributed by atoms with E-state index in [4.69, 9.17) is 17.3 Å². The molecule has 2 aliphatic rings. The molecule has 0 radical (unpaired) electrons. The first-order chi connectivity index (χ1) is 19.4. The molecule has 5 rings (SSSR count). The van der Waals surface area contributed by atoms with E-state index in [-0.39, 0.29) is 30.6 Å². The topological polar surface area (TPSA) is 101 Å². The number of nitrogens with zero attached hydrogens (tertiary/aromatic N) is 6. The quantitative estimate of drug-likeness (QED) is 0.354. The summed E-state index contributed by atoms with van der Waals surface area (Å²) in [6.45, 7) is 5.91. The summed E-state index contributed by atoms with van der Waals surface area (Å²) in [7, 11) is 0. The van der Waals surface area contributed by atoms with E-state index in [2.05, 4.69) is 26.2 Å². The molecule has 2 saturated heterocycles. The zero-order valence-electron chi connectivity index (χ0n) is 22.9. The van der Waals surface area contributed by atoms with Crippen LogP contribution in [0.3, 0.4) is 0 Å². The van der Waals surface area contributed by atoms with Crippen molar-refractivity contribution in [1.29, 1.82) is 0 Å². The first-order valence-corrected chi connectivity index (χ1v) is 14.6. The number of anilines is 2. The number of benzene rings is 2. The Morgan fingerprint density at radius 2 is 1.77 bits per heavy atom. The summed E-state index contributed by atoms with van der Waals surface area (Å²) >= 11 is 6.16. The predicted molar refractivity (Wildman–Crippen MR) is 157 cm³/mol. The van der Waals surface area contributed by atoms with E-state index in [1.54, 1.807) is 0 Å². The largest absolute Gasteiger partial charge is 0.399 e. The maximum Gasteiger partial charge on any atom is 0.223 e. The predicted octanol–water partition coefficient (Wildman–Crippen LogP) is 3.81. The van der Waals surface area contributed by atoms with Gasteiger partial charge >= 0.3 is 0 Å². The average molecular weight is 564 g/mol. The van der Waals surface area contributed by atoms with E-state index in [1.807, 2.05) is 58.2 Å². The first kappa shape index (κ1) is 28.1. The molecule has 0 aliphatic carbocycles. The van der Waals surface area contributed by atoms with Crippen LogP contribution in [0.4, 0.5) is 11.4 Å². The minimum Gasteiger partial charge on any atom is -0.399 e. The van der Waals surface area contributed by atoms with Crippen LogP contribution in [0.5, 0.6) is 0 Å².